The first-order valence-corrected chi connectivity index (χ1v) is 12.7. The van der Waals surface area contributed by atoms with Crippen molar-refractivity contribution in [2.75, 3.05) is 12.0 Å². The molecule has 0 aliphatic carbocycles. The SMILES string of the molecule is Cc1[nH]c2ccc(CNC(=O)C(CCS(C)(=O)=O)NC(=O)OCc3ccccc3)cc2c1C. The van der Waals surface area contributed by atoms with E-state index in [0.29, 0.717) is 0 Å². The summed E-state index contributed by atoms with van der Waals surface area (Å²) in [6.07, 6.45) is 0.249. The lowest BCUT2D eigenvalue weighted by Gasteiger charge is -2.18. The summed E-state index contributed by atoms with van der Waals surface area (Å²) < 4.78 is 28.4. The fraction of sp³-hybridized carbons (Fsp3) is 0.333. The van der Waals surface area contributed by atoms with Crippen LogP contribution < -0.4 is 10.6 Å². The van der Waals surface area contributed by atoms with Crippen LogP contribution in [0.1, 0.15) is 28.8 Å². The molecule has 0 saturated heterocycles. The van der Waals surface area contributed by atoms with Crippen LogP contribution in [0.5, 0.6) is 0 Å². The summed E-state index contributed by atoms with van der Waals surface area (Å²) in [5.41, 5.74) is 4.95. The summed E-state index contributed by atoms with van der Waals surface area (Å²) in [5, 5.41) is 6.37. The highest BCUT2D eigenvalue weighted by atomic mass is 32.2. The lowest BCUT2D eigenvalue weighted by atomic mass is 10.1. The Balaban J connectivity index is 1.63. The highest BCUT2D eigenvalue weighted by Gasteiger charge is 2.23. The zero-order valence-corrected chi connectivity index (χ0v) is 19.8. The second kappa shape index (κ2) is 10.5. The third-order valence-electron chi connectivity index (χ3n) is 5.44. The molecule has 9 heteroatoms. The zero-order valence-electron chi connectivity index (χ0n) is 19.0. The molecule has 0 saturated carbocycles. The zero-order chi connectivity index (χ0) is 24.0. The summed E-state index contributed by atoms with van der Waals surface area (Å²) in [5.74, 6) is -0.713. The highest BCUT2D eigenvalue weighted by Crippen LogP contribution is 2.22. The number of aromatic amines is 1. The van der Waals surface area contributed by atoms with Crippen LogP contribution >= 0.6 is 0 Å². The molecule has 2 aromatic carbocycles. The molecular formula is C24H29N3O5S. The molecule has 0 radical (unpaired) electrons. The van der Waals surface area contributed by atoms with Gasteiger partial charge in [0.25, 0.3) is 0 Å². The van der Waals surface area contributed by atoms with Gasteiger partial charge in [-0.15, -0.1) is 0 Å². The van der Waals surface area contributed by atoms with Gasteiger partial charge in [0.15, 0.2) is 0 Å². The second-order valence-corrected chi connectivity index (χ2v) is 10.4. The summed E-state index contributed by atoms with van der Waals surface area (Å²) in [4.78, 5) is 28.4. The van der Waals surface area contributed by atoms with Gasteiger partial charge in [-0.05, 0) is 49.1 Å². The number of sulfone groups is 1. The molecule has 2 amide bonds. The number of carbonyl (C=O) groups excluding carboxylic acids is 2. The Bertz CT molecular complexity index is 1240. The molecule has 0 bridgehead atoms. The quantitative estimate of drug-likeness (QED) is 0.443. The molecule has 3 rings (SSSR count). The van der Waals surface area contributed by atoms with Gasteiger partial charge in [0.05, 0.1) is 5.75 Å². The van der Waals surface area contributed by atoms with Crippen molar-refractivity contribution in [2.24, 2.45) is 0 Å². The maximum absolute atomic E-state index is 12.8. The predicted molar refractivity (Wildman–Crippen MR) is 127 cm³/mol. The van der Waals surface area contributed by atoms with Crippen LogP contribution in [0.25, 0.3) is 10.9 Å². The number of hydrogen-bond acceptors (Lipinski definition) is 5. The Morgan fingerprint density at radius 1 is 1.06 bits per heavy atom. The summed E-state index contributed by atoms with van der Waals surface area (Å²) in [6, 6.07) is 14.0. The molecule has 0 fully saturated rings. The Morgan fingerprint density at radius 3 is 2.48 bits per heavy atom. The van der Waals surface area contributed by atoms with Crippen LogP contribution in [-0.4, -0.2) is 43.5 Å². The molecule has 3 N–H and O–H groups in total. The minimum atomic E-state index is -3.31. The first-order chi connectivity index (χ1) is 15.6. The van der Waals surface area contributed by atoms with E-state index in [9.17, 15) is 18.0 Å². The molecule has 33 heavy (non-hydrogen) atoms. The smallest absolute Gasteiger partial charge is 0.408 e. The number of nitrogens with one attached hydrogen (secondary N) is 3. The first kappa shape index (κ1) is 24.3. The van der Waals surface area contributed by atoms with Crippen LogP contribution in [0.3, 0.4) is 0 Å². The van der Waals surface area contributed by atoms with Gasteiger partial charge < -0.3 is 20.4 Å². The molecule has 0 aliphatic heterocycles. The number of amides is 2. The summed E-state index contributed by atoms with van der Waals surface area (Å²) in [7, 11) is -3.31. The van der Waals surface area contributed by atoms with E-state index in [1.807, 2.05) is 62.4 Å². The standard InChI is InChI=1S/C24H29N3O5S/c1-16-17(2)26-21-10-9-19(13-20(16)21)14-25-23(28)22(11-12-33(3,30)31)27-24(29)32-15-18-7-5-4-6-8-18/h4-10,13,22,26H,11-12,14-15H2,1-3H3,(H,25,28)(H,27,29). The van der Waals surface area contributed by atoms with Crippen molar-refractivity contribution < 1.29 is 22.7 Å². The largest absolute Gasteiger partial charge is 0.445 e. The Labute approximate surface area is 193 Å². The average Bonchev–Trinajstić information content (AvgIpc) is 3.06. The fourth-order valence-corrected chi connectivity index (χ4v) is 4.10. The maximum Gasteiger partial charge on any atom is 0.408 e. The van der Waals surface area contributed by atoms with Crippen molar-refractivity contribution in [1.82, 2.24) is 15.6 Å². The summed E-state index contributed by atoms with van der Waals surface area (Å²) >= 11 is 0. The van der Waals surface area contributed by atoms with Crippen molar-refractivity contribution in [1.29, 1.82) is 0 Å². The number of aromatic nitrogens is 1. The average molecular weight is 472 g/mol. The number of rotatable bonds is 9. The lowest BCUT2D eigenvalue weighted by molar-refractivity contribution is -0.123. The molecule has 0 spiro atoms. The molecule has 0 aliphatic rings. The van der Waals surface area contributed by atoms with Gasteiger partial charge in [-0.1, -0.05) is 36.4 Å². The molecule has 8 nitrogen and oxygen atoms in total. The van der Waals surface area contributed by atoms with E-state index >= 15 is 0 Å². The molecule has 1 unspecified atom stereocenters. The highest BCUT2D eigenvalue weighted by molar-refractivity contribution is 7.90. The molecule has 1 aromatic heterocycles. The van der Waals surface area contributed by atoms with Crippen molar-refractivity contribution >= 4 is 32.7 Å². The lowest BCUT2D eigenvalue weighted by Crippen LogP contribution is -2.47. The number of hydrogen-bond donors (Lipinski definition) is 3. The van der Waals surface area contributed by atoms with E-state index in [0.717, 1.165) is 39.5 Å². The summed E-state index contributed by atoms with van der Waals surface area (Å²) in [6.45, 7) is 4.32. The van der Waals surface area contributed by atoms with Crippen molar-refractivity contribution in [2.45, 2.75) is 39.5 Å². The van der Waals surface area contributed by atoms with Gasteiger partial charge in [0, 0.05) is 29.4 Å². The number of H-pyrrole nitrogens is 1. The van der Waals surface area contributed by atoms with Gasteiger partial charge in [-0.2, -0.15) is 0 Å². The third kappa shape index (κ3) is 7.08. The van der Waals surface area contributed by atoms with Gasteiger partial charge in [0.2, 0.25) is 5.91 Å². The third-order valence-corrected chi connectivity index (χ3v) is 6.42. The Hall–Kier alpha value is -3.33. The van der Waals surface area contributed by atoms with Crippen molar-refractivity contribution in [3.8, 4) is 0 Å². The van der Waals surface area contributed by atoms with E-state index in [4.69, 9.17) is 4.74 Å². The Kier molecular flexibility index (Phi) is 7.75. The van der Waals surface area contributed by atoms with Gasteiger partial charge in [-0.25, -0.2) is 13.2 Å². The Morgan fingerprint density at radius 2 is 1.79 bits per heavy atom. The monoisotopic (exact) mass is 471 g/mol. The van der Waals surface area contributed by atoms with E-state index in [-0.39, 0.29) is 25.3 Å². The van der Waals surface area contributed by atoms with Gasteiger partial charge in [0.1, 0.15) is 22.5 Å². The number of ether oxygens (including phenoxy) is 1. The second-order valence-electron chi connectivity index (χ2n) is 8.15. The predicted octanol–water partition coefficient (Wildman–Crippen LogP) is 3.13. The van der Waals surface area contributed by atoms with Crippen molar-refractivity contribution in [3.05, 3.63) is 70.9 Å². The fourth-order valence-electron chi connectivity index (χ4n) is 3.44. The van der Waals surface area contributed by atoms with Crippen LogP contribution in [0.2, 0.25) is 0 Å². The van der Waals surface area contributed by atoms with Crippen LogP contribution in [0.4, 0.5) is 4.79 Å². The molecule has 3 aromatic rings. The number of alkyl carbamates (subject to hydrolysis) is 1. The minimum absolute atomic E-state index is 0.0442. The topological polar surface area (TPSA) is 117 Å². The maximum atomic E-state index is 12.8. The number of fused-ring (bicyclic) bond motifs is 1. The van der Waals surface area contributed by atoms with Gasteiger partial charge in [-0.3, -0.25) is 4.79 Å². The van der Waals surface area contributed by atoms with E-state index in [1.165, 1.54) is 0 Å². The first-order valence-electron chi connectivity index (χ1n) is 10.6. The normalized spacial score (nSPS) is 12.3. The number of carbonyl (C=O) groups is 2. The van der Waals surface area contributed by atoms with E-state index < -0.39 is 27.9 Å². The number of benzene rings is 2. The van der Waals surface area contributed by atoms with Gasteiger partial charge >= 0.3 is 6.09 Å². The molecule has 176 valence electrons. The number of aryl methyl sites for hydroxylation is 2. The van der Waals surface area contributed by atoms with E-state index in [1.54, 1.807) is 0 Å². The van der Waals surface area contributed by atoms with E-state index in [2.05, 4.69) is 15.6 Å². The van der Waals surface area contributed by atoms with Crippen molar-refractivity contribution in [3.63, 3.8) is 0 Å². The van der Waals surface area contributed by atoms with Crippen LogP contribution in [0, 0.1) is 13.8 Å². The van der Waals surface area contributed by atoms with Crippen LogP contribution in [0.15, 0.2) is 48.5 Å². The van der Waals surface area contributed by atoms with Crippen LogP contribution in [-0.2, 0) is 32.5 Å². The molecule has 1 heterocycles. The molecule has 1 atom stereocenters. The minimum Gasteiger partial charge on any atom is -0.445 e. The molecular weight excluding hydrogens is 442 g/mol.